The summed E-state index contributed by atoms with van der Waals surface area (Å²) in [5.74, 6) is -0.987. The maximum atomic E-state index is 12.6. The maximum absolute atomic E-state index is 12.6. The van der Waals surface area contributed by atoms with E-state index in [1.807, 2.05) is 24.5 Å². The number of fused-ring (bicyclic) bond motifs is 2. The zero-order valence-corrected chi connectivity index (χ0v) is 20.9. The van der Waals surface area contributed by atoms with Crippen molar-refractivity contribution in [3.8, 4) is 0 Å². The number of aromatic nitrogens is 4. The molecule has 3 N–H and O–H groups in total. The molecule has 2 aliphatic heterocycles. The Morgan fingerprint density at radius 3 is 2.97 bits per heavy atom. The number of benzene rings is 1. The standard InChI is InChI=1S/C25H27N7O4S/c26-25(34)36-24(33)15-3-2-6-31(12-15)23(21-9-19-22(37-21)11-27-14-28-19)32-7-8-35-20(13-32)16-4-1-5-18-17(16)10-29-30-18/h1,4-5,9-11,14-15,20,23H,2-3,6-8,12-13H2,(H2,26,34)(H,29,30). The first-order valence-electron chi connectivity index (χ1n) is 12.3. The highest BCUT2D eigenvalue weighted by atomic mass is 32.1. The molecular formula is C25H27N7O4S. The number of hydrogen-bond acceptors (Lipinski definition) is 10. The first-order chi connectivity index (χ1) is 18.1. The molecule has 0 saturated carbocycles. The number of nitrogens with zero attached hydrogens (tertiary/aromatic N) is 5. The topological polar surface area (TPSA) is 140 Å². The van der Waals surface area contributed by atoms with Crippen LogP contribution in [0.25, 0.3) is 21.1 Å². The van der Waals surface area contributed by atoms with E-state index in [0.29, 0.717) is 26.1 Å². The SMILES string of the molecule is NC(=O)OC(=O)C1CCCN(C(c2cc3ncncc3s2)N2CCOC(c3cccc4[nH]ncc34)C2)C1. The molecule has 37 heavy (non-hydrogen) atoms. The number of nitrogens with one attached hydrogen (secondary N) is 1. The van der Waals surface area contributed by atoms with Gasteiger partial charge in [0.2, 0.25) is 0 Å². The van der Waals surface area contributed by atoms with Crippen LogP contribution in [-0.2, 0) is 14.3 Å². The molecule has 2 fully saturated rings. The molecule has 1 amide bonds. The van der Waals surface area contributed by atoms with Crippen LogP contribution >= 0.6 is 11.3 Å². The van der Waals surface area contributed by atoms with Gasteiger partial charge in [0.15, 0.2) is 0 Å². The Bertz CT molecular complexity index is 1410. The number of hydrogen-bond donors (Lipinski definition) is 2. The molecule has 192 valence electrons. The molecule has 6 rings (SSSR count). The van der Waals surface area contributed by atoms with Crippen LogP contribution in [0.1, 0.15) is 35.6 Å². The molecule has 11 nitrogen and oxygen atoms in total. The molecule has 12 heteroatoms. The number of ether oxygens (including phenoxy) is 2. The minimum absolute atomic E-state index is 0.0988. The average molecular weight is 522 g/mol. The summed E-state index contributed by atoms with van der Waals surface area (Å²) in [6.45, 7) is 3.25. The molecule has 4 aromatic rings. The Morgan fingerprint density at radius 1 is 1.22 bits per heavy atom. The molecule has 5 heterocycles. The van der Waals surface area contributed by atoms with Gasteiger partial charge in [0, 0.05) is 42.6 Å². The Hall–Kier alpha value is -3.45. The number of thiophene rings is 1. The molecule has 3 aromatic heterocycles. The Labute approximate surface area is 216 Å². The maximum Gasteiger partial charge on any atom is 0.412 e. The lowest BCUT2D eigenvalue weighted by atomic mass is 9.97. The van der Waals surface area contributed by atoms with Gasteiger partial charge in [-0.1, -0.05) is 12.1 Å². The van der Waals surface area contributed by atoms with Gasteiger partial charge < -0.3 is 15.2 Å². The largest absolute Gasteiger partial charge is 0.412 e. The number of aromatic amines is 1. The van der Waals surface area contributed by atoms with Crippen molar-refractivity contribution in [2.24, 2.45) is 11.7 Å². The first-order valence-corrected chi connectivity index (χ1v) is 13.1. The normalized spacial score (nSPS) is 22.3. The van der Waals surface area contributed by atoms with Crippen molar-refractivity contribution >= 4 is 44.5 Å². The second-order valence-corrected chi connectivity index (χ2v) is 10.5. The van der Waals surface area contributed by atoms with Crippen LogP contribution in [0.15, 0.2) is 43.0 Å². The number of H-pyrrole nitrogens is 1. The zero-order valence-electron chi connectivity index (χ0n) is 20.1. The van der Waals surface area contributed by atoms with Crippen LogP contribution in [0.5, 0.6) is 0 Å². The van der Waals surface area contributed by atoms with Gasteiger partial charge in [-0.2, -0.15) is 5.10 Å². The molecule has 0 spiro atoms. The number of esters is 1. The molecule has 0 radical (unpaired) electrons. The Balaban J connectivity index is 1.33. The van der Waals surface area contributed by atoms with Gasteiger partial charge in [0.05, 0.1) is 46.7 Å². The molecule has 3 atom stereocenters. The average Bonchev–Trinajstić information content (AvgIpc) is 3.56. The first kappa shape index (κ1) is 23.9. The lowest BCUT2D eigenvalue weighted by Gasteiger charge is -2.45. The zero-order chi connectivity index (χ0) is 25.4. The van der Waals surface area contributed by atoms with Crippen LogP contribution in [0.2, 0.25) is 0 Å². The van der Waals surface area contributed by atoms with Crippen molar-refractivity contribution in [3.05, 3.63) is 53.4 Å². The third-order valence-electron chi connectivity index (χ3n) is 7.11. The van der Waals surface area contributed by atoms with Crippen LogP contribution < -0.4 is 5.73 Å². The van der Waals surface area contributed by atoms with Crippen molar-refractivity contribution in [2.75, 3.05) is 32.8 Å². The highest BCUT2D eigenvalue weighted by molar-refractivity contribution is 7.19. The summed E-state index contributed by atoms with van der Waals surface area (Å²) in [6.07, 6.45) is 5.40. The van der Waals surface area contributed by atoms with E-state index >= 15 is 0 Å². The minimum atomic E-state index is -1.06. The monoisotopic (exact) mass is 521 g/mol. The highest BCUT2D eigenvalue weighted by Gasteiger charge is 2.38. The number of carbonyl (C=O) groups excluding carboxylic acids is 2. The predicted octanol–water partition coefficient (Wildman–Crippen LogP) is 2.97. The Morgan fingerprint density at radius 2 is 2.11 bits per heavy atom. The number of primary amides is 1. The van der Waals surface area contributed by atoms with Crippen LogP contribution in [-0.4, -0.2) is 74.8 Å². The molecular weight excluding hydrogens is 494 g/mol. The number of likely N-dealkylation sites (tertiary alicyclic amines) is 1. The van der Waals surface area contributed by atoms with Gasteiger partial charge in [-0.25, -0.2) is 14.8 Å². The second kappa shape index (κ2) is 10.1. The fourth-order valence-electron chi connectivity index (χ4n) is 5.48. The summed E-state index contributed by atoms with van der Waals surface area (Å²) in [6, 6.07) is 8.22. The van der Waals surface area contributed by atoms with E-state index in [2.05, 4.69) is 42.1 Å². The number of carbonyl (C=O) groups is 2. The predicted molar refractivity (Wildman–Crippen MR) is 136 cm³/mol. The molecule has 2 aliphatic rings. The molecule has 3 unspecified atom stereocenters. The quantitative estimate of drug-likeness (QED) is 0.300. The molecule has 2 saturated heterocycles. The molecule has 1 aromatic carbocycles. The van der Waals surface area contributed by atoms with Gasteiger partial charge in [0.25, 0.3) is 0 Å². The van der Waals surface area contributed by atoms with Crippen LogP contribution in [0.4, 0.5) is 4.79 Å². The fraction of sp³-hybridized carbons (Fsp3) is 0.400. The van der Waals surface area contributed by atoms with E-state index in [4.69, 9.17) is 15.2 Å². The summed E-state index contributed by atoms with van der Waals surface area (Å²) in [7, 11) is 0. The number of nitrogens with two attached hydrogens (primary N) is 1. The van der Waals surface area contributed by atoms with Gasteiger partial charge in [-0.15, -0.1) is 11.3 Å². The second-order valence-electron chi connectivity index (χ2n) is 9.40. The van der Waals surface area contributed by atoms with Gasteiger partial charge in [0.1, 0.15) is 6.33 Å². The Kier molecular flexibility index (Phi) is 6.55. The minimum Gasteiger partial charge on any atom is -0.376 e. The lowest BCUT2D eigenvalue weighted by molar-refractivity contribution is -0.145. The summed E-state index contributed by atoms with van der Waals surface area (Å²) < 4.78 is 12.0. The highest BCUT2D eigenvalue weighted by Crippen LogP contribution is 2.39. The smallest absolute Gasteiger partial charge is 0.376 e. The summed E-state index contributed by atoms with van der Waals surface area (Å²) in [5.41, 5.74) is 8.08. The molecule has 0 bridgehead atoms. The third-order valence-corrected chi connectivity index (χ3v) is 8.21. The van der Waals surface area contributed by atoms with Gasteiger partial charge in [-0.05, 0) is 30.5 Å². The van der Waals surface area contributed by atoms with Gasteiger partial charge in [-0.3, -0.25) is 19.7 Å². The summed E-state index contributed by atoms with van der Waals surface area (Å²) in [5, 5.41) is 8.30. The van der Waals surface area contributed by atoms with Crippen molar-refractivity contribution in [3.63, 3.8) is 0 Å². The number of rotatable bonds is 5. The number of amides is 1. The summed E-state index contributed by atoms with van der Waals surface area (Å²) in [4.78, 5) is 38.2. The van der Waals surface area contributed by atoms with Crippen molar-refractivity contribution in [2.45, 2.75) is 25.1 Å². The van der Waals surface area contributed by atoms with E-state index in [1.165, 1.54) is 0 Å². The van der Waals surface area contributed by atoms with Crippen molar-refractivity contribution in [1.82, 2.24) is 30.0 Å². The number of piperidine rings is 1. The van der Waals surface area contributed by atoms with E-state index in [-0.39, 0.29) is 12.3 Å². The van der Waals surface area contributed by atoms with E-state index < -0.39 is 18.0 Å². The summed E-state index contributed by atoms with van der Waals surface area (Å²) >= 11 is 1.66. The lowest BCUT2D eigenvalue weighted by Crippen LogP contribution is -2.51. The van der Waals surface area contributed by atoms with Crippen LogP contribution in [0.3, 0.4) is 0 Å². The third kappa shape index (κ3) is 4.80. The fourth-order valence-corrected chi connectivity index (χ4v) is 6.64. The molecule has 0 aliphatic carbocycles. The van der Waals surface area contributed by atoms with E-state index in [9.17, 15) is 9.59 Å². The van der Waals surface area contributed by atoms with Crippen LogP contribution in [0, 0.1) is 5.92 Å². The van der Waals surface area contributed by atoms with E-state index in [1.54, 1.807) is 17.7 Å². The van der Waals surface area contributed by atoms with Gasteiger partial charge >= 0.3 is 12.1 Å². The van der Waals surface area contributed by atoms with Crippen molar-refractivity contribution < 1.29 is 19.1 Å². The number of morpholine rings is 1. The van der Waals surface area contributed by atoms with E-state index in [0.717, 1.165) is 51.1 Å². The van der Waals surface area contributed by atoms with Crippen molar-refractivity contribution in [1.29, 1.82) is 0 Å².